The molecule has 0 saturated heterocycles. The normalized spacial score (nSPS) is 13.9. The standard InChI is InChI=1S/C17H11F2N3O4S2/c18-17(19)25-11-4-3-9(6-12(11)26-17)20-14(23)7-10-8-28-16(21-10)22-15(24)13-2-1-5-27-13/h1-6,8H,7H2,(H,20,23)(H,21,22,24). The lowest BCUT2D eigenvalue weighted by atomic mass is 10.2. The summed E-state index contributed by atoms with van der Waals surface area (Å²) in [5.41, 5.74) is 0.753. The molecule has 0 fully saturated rings. The molecule has 11 heteroatoms. The maximum atomic E-state index is 13.0. The molecular weight excluding hydrogens is 412 g/mol. The zero-order chi connectivity index (χ0) is 19.7. The van der Waals surface area contributed by atoms with Gasteiger partial charge in [0.1, 0.15) is 0 Å². The number of ether oxygens (including phenoxy) is 2. The maximum absolute atomic E-state index is 13.0. The minimum absolute atomic E-state index is 0.0457. The van der Waals surface area contributed by atoms with Gasteiger partial charge in [-0.2, -0.15) is 0 Å². The Labute approximate surface area is 164 Å². The number of hydrogen-bond acceptors (Lipinski definition) is 7. The molecule has 0 radical (unpaired) electrons. The van der Waals surface area contributed by atoms with Crippen molar-refractivity contribution in [3.05, 3.63) is 51.7 Å². The number of halogens is 2. The number of aromatic nitrogens is 1. The van der Waals surface area contributed by atoms with Crippen molar-refractivity contribution in [2.24, 2.45) is 0 Å². The Morgan fingerprint density at radius 2 is 1.93 bits per heavy atom. The first-order chi connectivity index (χ1) is 13.4. The smallest absolute Gasteiger partial charge is 0.395 e. The number of hydrogen-bond donors (Lipinski definition) is 2. The summed E-state index contributed by atoms with van der Waals surface area (Å²) in [6.45, 7) is 0. The summed E-state index contributed by atoms with van der Waals surface area (Å²) in [5.74, 6) is -0.923. The topological polar surface area (TPSA) is 89.6 Å². The van der Waals surface area contributed by atoms with E-state index in [2.05, 4.69) is 25.1 Å². The Balaban J connectivity index is 1.35. The molecule has 0 spiro atoms. The van der Waals surface area contributed by atoms with E-state index >= 15 is 0 Å². The molecule has 2 N–H and O–H groups in total. The van der Waals surface area contributed by atoms with Crippen LogP contribution in [0.25, 0.3) is 0 Å². The van der Waals surface area contributed by atoms with Crippen LogP contribution >= 0.6 is 22.7 Å². The highest BCUT2D eigenvalue weighted by atomic mass is 32.1. The fourth-order valence-corrected chi connectivity index (χ4v) is 3.73. The monoisotopic (exact) mass is 423 g/mol. The van der Waals surface area contributed by atoms with Crippen molar-refractivity contribution in [2.45, 2.75) is 12.7 Å². The quantitative estimate of drug-likeness (QED) is 0.649. The zero-order valence-electron chi connectivity index (χ0n) is 13.9. The van der Waals surface area contributed by atoms with E-state index in [1.807, 2.05) is 0 Å². The molecule has 28 heavy (non-hydrogen) atoms. The van der Waals surface area contributed by atoms with Crippen molar-refractivity contribution in [1.82, 2.24) is 4.98 Å². The summed E-state index contributed by atoms with van der Waals surface area (Å²) in [6, 6.07) is 7.43. The minimum atomic E-state index is -3.71. The molecule has 3 heterocycles. The fraction of sp³-hybridized carbons (Fsp3) is 0.118. The Bertz CT molecular complexity index is 1040. The van der Waals surface area contributed by atoms with E-state index < -0.39 is 12.2 Å². The number of benzene rings is 1. The van der Waals surface area contributed by atoms with Crippen LogP contribution < -0.4 is 20.1 Å². The van der Waals surface area contributed by atoms with Gasteiger partial charge in [-0.05, 0) is 23.6 Å². The molecule has 1 aromatic carbocycles. The van der Waals surface area contributed by atoms with Crippen LogP contribution in [-0.2, 0) is 11.2 Å². The number of thiazole rings is 1. The molecule has 0 saturated carbocycles. The second-order valence-corrected chi connectivity index (χ2v) is 7.44. The molecule has 0 unspecified atom stereocenters. The van der Waals surface area contributed by atoms with Crippen LogP contribution in [0.1, 0.15) is 15.4 Å². The zero-order valence-corrected chi connectivity index (χ0v) is 15.5. The third-order valence-electron chi connectivity index (χ3n) is 3.54. The minimum Gasteiger partial charge on any atom is -0.395 e. The van der Waals surface area contributed by atoms with Gasteiger partial charge in [0.05, 0.1) is 17.0 Å². The van der Waals surface area contributed by atoms with E-state index in [0.717, 1.165) is 0 Å². The SMILES string of the molecule is O=C(Cc1csc(NC(=O)c2cccs2)n1)Nc1ccc2c(c1)OC(F)(F)O2. The number of alkyl halides is 2. The molecule has 4 rings (SSSR count). The highest BCUT2D eigenvalue weighted by Gasteiger charge is 2.43. The number of rotatable bonds is 5. The Morgan fingerprint density at radius 1 is 1.11 bits per heavy atom. The van der Waals surface area contributed by atoms with Crippen molar-refractivity contribution in [1.29, 1.82) is 0 Å². The third kappa shape index (κ3) is 4.10. The summed E-state index contributed by atoms with van der Waals surface area (Å²) in [4.78, 5) is 28.9. The molecular formula is C17H11F2N3O4S2. The van der Waals surface area contributed by atoms with E-state index in [1.54, 1.807) is 22.9 Å². The van der Waals surface area contributed by atoms with Gasteiger partial charge < -0.3 is 14.8 Å². The Hall–Kier alpha value is -3.05. The van der Waals surface area contributed by atoms with Crippen molar-refractivity contribution in [2.75, 3.05) is 10.6 Å². The first-order valence-electron chi connectivity index (χ1n) is 7.87. The fourth-order valence-electron chi connectivity index (χ4n) is 2.41. The molecule has 1 aliphatic heterocycles. The van der Waals surface area contributed by atoms with Crippen molar-refractivity contribution >= 4 is 45.3 Å². The van der Waals surface area contributed by atoms with Gasteiger partial charge in [-0.1, -0.05) is 6.07 Å². The van der Waals surface area contributed by atoms with Crippen molar-refractivity contribution in [3.8, 4) is 11.5 Å². The number of fused-ring (bicyclic) bond motifs is 1. The number of amides is 2. The summed E-state index contributed by atoms with van der Waals surface area (Å²) < 4.78 is 34.7. The number of thiophene rings is 1. The lowest BCUT2D eigenvalue weighted by molar-refractivity contribution is -0.286. The average molecular weight is 423 g/mol. The predicted octanol–water partition coefficient (Wildman–Crippen LogP) is 3.96. The van der Waals surface area contributed by atoms with Gasteiger partial charge in [-0.15, -0.1) is 31.5 Å². The molecule has 2 aromatic heterocycles. The van der Waals surface area contributed by atoms with E-state index in [4.69, 9.17) is 0 Å². The van der Waals surface area contributed by atoms with Crippen LogP contribution in [0.2, 0.25) is 0 Å². The van der Waals surface area contributed by atoms with E-state index in [-0.39, 0.29) is 29.5 Å². The van der Waals surface area contributed by atoms with Crippen molar-refractivity contribution < 1.29 is 27.8 Å². The van der Waals surface area contributed by atoms with Gasteiger partial charge in [0.15, 0.2) is 16.6 Å². The van der Waals surface area contributed by atoms with Crippen LogP contribution in [0.3, 0.4) is 0 Å². The van der Waals surface area contributed by atoms with Crippen LogP contribution in [0.15, 0.2) is 41.1 Å². The number of carbonyl (C=O) groups excluding carboxylic acids is 2. The highest BCUT2D eigenvalue weighted by molar-refractivity contribution is 7.14. The van der Waals surface area contributed by atoms with Gasteiger partial charge in [0.25, 0.3) is 5.91 Å². The number of anilines is 2. The molecule has 1 aliphatic rings. The molecule has 0 bridgehead atoms. The van der Waals surface area contributed by atoms with Gasteiger partial charge in [0, 0.05) is 17.1 Å². The Kier molecular flexibility index (Phi) is 4.69. The van der Waals surface area contributed by atoms with Gasteiger partial charge >= 0.3 is 6.29 Å². The first kappa shape index (κ1) is 18.3. The number of nitrogens with zero attached hydrogens (tertiary/aromatic N) is 1. The maximum Gasteiger partial charge on any atom is 0.586 e. The van der Waals surface area contributed by atoms with Crippen LogP contribution in [-0.4, -0.2) is 23.1 Å². The third-order valence-corrected chi connectivity index (χ3v) is 5.22. The van der Waals surface area contributed by atoms with E-state index in [0.29, 0.717) is 15.7 Å². The summed E-state index contributed by atoms with van der Waals surface area (Å²) in [7, 11) is 0. The van der Waals surface area contributed by atoms with E-state index in [9.17, 15) is 18.4 Å². The number of nitrogens with one attached hydrogen (secondary N) is 2. The molecule has 144 valence electrons. The molecule has 2 amide bonds. The molecule has 0 atom stereocenters. The van der Waals surface area contributed by atoms with Crippen LogP contribution in [0.4, 0.5) is 19.6 Å². The van der Waals surface area contributed by atoms with E-state index in [1.165, 1.54) is 40.9 Å². The highest BCUT2D eigenvalue weighted by Crippen LogP contribution is 2.42. The largest absolute Gasteiger partial charge is 0.586 e. The second-order valence-electron chi connectivity index (χ2n) is 5.63. The second kappa shape index (κ2) is 7.17. The molecule has 0 aliphatic carbocycles. The van der Waals surface area contributed by atoms with Crippen molar-refractivity contribution in [3.63, 3.8) is 0 Å². The lowest BCUT2D eigenvalue weighted by Crippen LogP contribution is -2.25. The summed E-state index contributed by atoms with van der Waals surface area (Å²) in [6.07, 6.45) is -3.76. The van der Waals surface area contributed by atoms with Gasteiger partial charge in [0.2, 0.25) is 5.91 Å². The first-order valence-corrected chi connectivity index (χ1v) is 9.63. The summed E-state index contributed by atoms with van der Waals surface area (Å²) in [5, 5.41) is 9.08. The molecule has 3 aromatic rings. The summed E-state index contributed by atoms with van der Waals surface area (Å²) >= 11 is 2.51. The molecule has 7 nitrogen and oxygen atoms in total. The van der Waals surface area contributed by atoms with Crippen LogP contribution in [0, 0.1) is 0 Å². The Morgan fingerprint density at radius 3 is 2.71 bits per heavy atom. The van der Waals surface area contributed by atoms with Crippen LogP contribution in [0.5, 0.6) is 11.5 Å². The average Bonchev–Trinajstić information content (AvgIpc) is 3.33. The van der Waals surface area contributed by atoms with Gasteiger partial charge in [-0.3, -0.25) is 14.9 Å². The lowest BCUT2D eigenvalue weighted by Gasteiger charge is -2.05. The van der Waals surface area contributed by atoms with Gasteiger partial charge in [-0.25, -0.2) is 4.98 Å². The predicted molar refractivity (Wildman–Crippen MR) is 99.4 cm³/mol. The number of carbonyl (C=O) groups is 2.